The lowest BCUT2D eigenvalue weighted by molar-refractivity contribution is 0.102. The second kappa shape index (κ2) is 5.37. The molecule has 0 aromatic heterocycles. The Morgan fingerprint density at radius 3 is 2.55 bits per heavy atom. The molecular weight excluding hydrogens is 250 g/mol. The summed E-state index contributed by atoms with van der Waals surface area (Å²) >= 11 is 0. The van der Waals surface area contributed by atoms with E-state index in [0.29, 0.717) is 11.3 Å². The molecule has 1 aliphatic carbocycles. The molecule has 0 saturated heterocycles. The Balaban J connectivity index is 1.71. The predicted molar refractivity (Wildman–Crippen MR) is 79.4 cm³/mol. The van der Waals surface area contributed by atoms with E-state index in [0.717, 1.165) is 11.6 Å². The third kappa shape index (κ3) is 2.82. The van der Waals surface area contributed by atoms with Crippen LogP contribution >= 0.6 is 0 Å². The SMILES string of the molecule is COc1cccc(C(=O)Nc2ccc(C3CC3)cc2)c1. The largest absolute Gasteiger partial charge is 0.497 e. The molecule has 3 heteroatoms. The maximum atomic E-state index is 12.1. The molecule has 1 N–H and O–H groups in total. The Morgan fingerprint density at radius 1 is 1.15 bits per heavy atom. The van der Waals surface area contributed by atoms with Gasteiger partial charge in [0.1, 0.15) is 5.75 Å². The van der Waals surface area contributed by atoms with Gasteiger partial charge in [0.25, 0.3) is 5.91 Å². The van der Waals surface area contributed by atoms with Gasteiger partial charge in [0.2, 0.25) is 0 Å². The number of anilines is 1. The highest BCUT2D eigenvalue weighted by atomic mass is 16.5. The van der Waals surface area contributed by atoms with Crippen LogP contribution in [0.15, 0.2) is 48.5 Å². The molecule has 0 bridgehead atoms. The molecule has 0 heterocycles. The minimum absolute atomic E-state index is 0.122. The summed E-state index contributed by atoms with van der Waals surface area (Å²) in [7, 11) is 1.59. The van der Waals surface area contributed by atoms with Crippen molar-refractivity contribution in [3.8, 4) is 5.75 Å². The Bertz CT molecular complexity index is 615. The van der Waals surface area contributed by atoms with Gasteiger partial charge >= 0.3 is 0 Å². The van der Waals surface area contributed by atoms with Gasteiger partial charge in [-0.1, -0.05) is 18.2 Å². The fourth-order valence-corrected chi connectivity index (χ4v) is 2.22. The minimum Gasteiger partial charge on any atom is -0.497 e. The van der Waals surface area contributed by atoms with Crippen molar-refractivity contribution in [2.75, 3.05) is 12.4 Å². The van der Waals surface area contributed by atoms with Crippen LogP contribution in [0.2, 0.25) is 0 Å². The van der Waals surface area contributed by atoms with E-state index in [2.05, 4.69) is 17.4 Å². The maximum Gasteiger partial charge on any atom is 0.255 e. The molecule has 0 radical (unpaired) electrons. The lowest BCUT2D eigenvalue weighted by Gasteiger charge is -2.07. The molecule has 102 valence electrons. The first-order valence-electron chi connectivity index (χ1n) is 6.81. The van der Waals surface area contributed by atoms with E-state index in [-0.39, 0.29) is 5.91 Å². The normalized spacial score (nSPS) is 13.8. The van der Waals surface area contributed by atoms with Gasteiger partial charge in [-0.05, 0) is 54.7 Å². The molecule has 2 aromatic carbocycles. The summed E-state index contributed by atoms with van der Waals surface area (Å²) < 4.78 is 5.12. The third-order valence-corrected chi connectivity index (χ3v) is 3.55. The smallest absolute Gasteiger partial charge is 0.255 e. The number of ether oxygens (including phenoxy) is 1. The lowest BCUT2D eigenvalue weighted by atomic mass is 10.1. The molecule has 0 unspecified atom stereocenters. The van der Waals surface area contributed by atoms with Crippen LogP contribution in [0.25, 0.3) is 0 Å². The summed E-state index contributed by atoms with van der Waals surface area (Å²) in [6.07, 6.45) is 2.57. The van der Waals surface area contributed by atoms with E-state index in [1.165, 1.54) is 18.4 Å². The zero-order valence-corrected chi connectivity index (χ0v) is 11.4. The topological polar surface area (TPSA) is 38.3 Å². The highest BCUT2D eigenvalue weighted by Gasteiger charge is 2.22. The summed E-state index contributed by atoms with van der Waals surface area (Å²) in [4.78, 5) is 12.1. The summed E-state index contributed by atoms with van der Waals surface area (Å²) in [5.74, 6) is 1.29. The summed E-state index contributed by atoms with van der Waals surface area (Å²) in [6.45, 7) is 0. The predicted octanol–water partition coefficient (Wildman–Crippen LogP) is 3.82. The van der Waals surface area contributed by atoms with Gasteiger partial charge in [-0.3, -0.25) is 4.79 Å². The fraction of sp³-hybridized carbons (Fsp3) is 0.235. The number of benzene rings is 2. The van der Waals surface area contributed by atoms with Gasteiger partial charge in [-0.25, -0.2) is 0 Å². The monoisotopic (exact) mass is 267 g/mol. The molecule has 1 fully saturated rings. The van der Waals surface area contributed by atoms with Crippen molar-refractivity contribution in [2.24, 2.45) is 0 Å². The minimum atomic E-state index is -0.122. The van der Waals surface area contributed by atoms with Gasteiger partial charge in [0.15, 0.2) is 0 Å². The van der Waals surface area contributed by atoms with Crippen LogP contribution in [-0.2, 0) is 0 Å². The maximum absolute atomic E-state index is 12.1. The number of hydrogen-bond acceptors (Lipinski definition) is 2. The van der Waals surface area contributed by atoms with Crippen molar-refractivity contribution < 1.29 is 9.53 Å². The number of hydrogen-bond donors (Lipinski definition) is 1. The number of nitrogens with one attached hydrogen (secondary N) is 1. The third-order valence-electron chi connectivity index (χ3n) is 3.55. The van der Waals surface area contributed by atoms with Crippen molar-refractivity contribution in [1.29, 1.82) is 0 Å². The molecule has 0 aliphatic heterocycles. The van der Waals surface area contributed by atoms with Crippen molar-refractivity contribution in [3.63, 3.8) is 0 Å². The average Bonchev–Trinajstić information content (AvgIpc) is 3.33. The lowest BCUT2D eigenvalue weighted by Crippen LogP contribution is -2.11. The summed E-state index contributed by atoms with van der Waals surface area (Å²) in [5.41, 5.74) is 2.78. The van der Waals surface area contributed by atoms with Gasteiger partial charge in [0, 0.05) is 11.3 Å². The summed E-state index contributed by atoms with van der Waals surface area (Å²) in [5, 5.41) is 2.90. The first-order chi connectivity index (χ1) is 9.76. The van der Waals surface area contributed by atoms with Gasteiger partial charge in [-0.15, -0.1) is 0 Å². The molecular formula is C17H17NO2. The molecule has 1 saturated carbocycles. The standard InChI is InChI=1S/C17H17NO2/c1-20-16-4-2-3-14(11-16)17(19)18-15-9-7-13(8-10-15)12-5-6-12/h2-4,7-12H,5-6H2,1H3,(H,18,19). The Labute approximate surface area is 118 Å². The molecule has 0 spiro atoms. The number of rotatable bonds is 4. The van der Waals surface area contributed by atoms with Crippen molar-refractivity contribution in [1.82, 2.24) is 0 Å². The van der Waals surface area contributed by atoms with Crippen LogP contribution in [0, 0.1) is 0 Å². The molecule has 3 rings (SSSR count). The van der Waals surface area contributed by atoms with Crippen LogP contribution in [-0.4, -0.2) is 13.0 Å². The number of methoxy groups -OCH3 is 1. The molecule has 20 heavy (non-hydrogen) atoms. The molecule has 1 amide bonds. The van der Waals surface area contributed by atoms with E-state index in [4.69, 9.17) is 4.74 Å². The highest BCUT2D eigenvalue weighted by molar-refractivity contribution is 6.04. The fourth-order valence-electron chi connectivity index (χ4n) is 2.22. The number of carbonyl (C=O) groups is 1. The Morgan fingerprint density at radius 2 is 1.90 bits per heavy atom. The quantitative estimate of drug-likeness (QED) is 0.914. The van der Waals surface area contributed by atoms with Crippen LogP contribution in [0.4, 0.5) is 5.69 Å². The first kappa shape index (κ1) is 12.7. The first-order valence-corrected chi connectivity index (χ1v) is 6.81. The van der Waals surface area contributed by atoms with Gasteiger partial charge in [-0.2, -0.15) is 0 Å². The van der Waals surface area contributed by atoms with E-state index >= 15 is 0 Å². The molecule has 2 aromatic rings. The van der Waals surface area contributed by atoms with Gasteiger partial charge in [0.05, 0.1) is 7.11 Å². The van der Waals surface area contributed by atoms with Crippen LogP contribution in [0.5, 0.6) is 5.75 Å². The van der Waals surface area contributed by atoms with E-state index in [1.807, 2.05) is 24.3 Å². The van der Waals surface area contributed by atoms with Crippen molar-refractivity contribution >= 4 is 11.6 Å². The highest BCUT2D eigenvalue weighted by Crippen LogP contribution is 2.40. The van der Waals surface area contributed by atoms with Crippen LogP contribution in [0.3, 0.4) is 0 Å². The second-order valence-corrected chi connectivity index (χ2v) is 5.08. The zero-order valence-electron chi connectivity index (χ0n) is 11.4. The summed E-state index contributed by atoms with van der Waals surface area (Å²) in [6, 6.07) is 15.3. The van der Waals surface area contributed by atoms with Gasteiger partial charge < -0.3 is 10.1 Å². The van der Waals surface area contributed by atoms with Crippen LogP contribution in [0.1, 0.15) is 34.7 Å². The van der Waals surface area contributed by atoms with Crippen LogP contribution < -0.4 is 10.1 Å². The van der Waals surface area contributed by atoms with E-state index < -0.39 is 0 Å². The molecule has 1 aliphatic rings. The molecule has 0 atom stereocenters. The van der Waals surface area contributed by atoms with E-state index in [9.17, 15) is 4.79 Å². The Hall–Kier alpha value is -2.29. The Kier molecular flexibility index (Phi) is 3.42. The molecule has 3 nitrogen and oxygen atoms in total. The number of amides is 1. The second-order valence-electron chi connectivity index (χ2n) is 5.08. The van der Waals surface area contributed by atoms with E-state index in [1.54, 1.807) is 19.2 Å². The van der Waals surface area contributed by atoms with Crippen molar-refractivity contribution in [3.05, 3.63) is 59.7 Å². The van der Waals surface area contributed by atoms with Crippen molar-refractivity contribution in [2.45, 2.75) is 18.8 Å². The zero-order chi connectivity index (χ0) is 13.9. The number of carbonyl (C=O) groups excluding carboxylic acids is 1. The average molecular weight is 267 g/mol.